The molecule has 9 nitrogen and oxygen atoms in total. The maximum Gasteiger partial charge on any atom is 0.338 e. The topological polar surface area (TPSA) is 122 Å². The van der Waals surface area contributed by atoms with Gasteiger partial charge >= 0.3 is 12.0 Å². The van der Waals surface area contributed by atoms with E-state index >= 15 is 0 Å². The standard InChI is InChI=1S/C19H27N3O6S/c1-4-20-19(25)21-17(23)12-28-18(24)15-6-5-7-16(9-15)29(26,27)22-10-13(2)8-14(3)11-22/h5-7,9,13-14H,4,8,10-12H2,1-3H3,(H2,20,21,23,25). The van der Waals surface area contributed by atoms with Gasteiger partial charge in [0, 0.05) is 19.6 Å². The van der Waals surface area contributed by atoms with E-state index in [-0.39, 0.29) is 22.3 Å². The molecule has 0 radical (unpaired) electrons. The first-order chi connectivity index (χ1) is 13.6. The lowest BCUT2D eigenvalue weighted by molar-refractivity contribution is -0.123. The van der Waals surface area contributed by atoms with Crippen molar-refractivity contribution in [2.75, 3.05) is 26.2 Å². The largest absolute Gasteiger partial charge is 0.452 e. The molecule has 1 aromatic rings. The Balaban J connectivity index is 2.05. The molecule has 0 saturated carbocycles. The number of carbonyl (C=O) groups is 3. The van der Waals surface area contributed by atoms with Gasteiger partial charge in [-0.3, -0.25) is 10.1 Å². The molecular formula is C19H27N3O6S. The van der Waals surface area contributed by atoms with Crippen LogP contribution < -0.4 is 10.6 Å². The summed E-state index contributed by atoms with van der Waals surface area (Å²) in [7, 11) is -3.74. The van der Waals surface area contributed by atoms with Gasteiger partial charge in [0.1, 0.15) is 0 Å². The first-order valence-electron chi connectivity index (χ1n) is 9.48. The van der Waals surface area contributed by atoms with Gasteiger partial charge in [-0.2, -0.15) is 4.31 Å². The molecule has 2 N–H and O–H groups in total. The Morgan fingerprint density at radius 2 is 1.83 bits per heavy atom. The number of rotatable bonds is 6. The fourth-order valence-electron chi connectivity index (χ4n) is 3.32. The number of nitrogens with one attached hydrogen (secondary N) is 2. The summed E-state index contributed by atoms with van der Waals surface area (Å²) in [6, 6.07) is 4.84. The average Bonchev–Trinajstić information content (AvgIpc) is 2.65. The number of piperidine rings is 1. The molecule has 0 aromatic heterocycles. The minimum Gasteiger partial charge on any atom is -0.452 e. The summed E-state index contributed by atoms with van der Waals surface area (Å²) in [5, 5.41) is 4.38. The molecule has 160 valence electrons. The van der Waals surface area contributed by atoms with Crippen molar-refractivity contribution < 1.29 is 27.5 Å². The maximum absolute atomic E-state index is 13.0. The Kier molecular flexibility index (Phi) is 7.74. The summed E-state index contributed by atoms with van der Waals surface area (Å²) in [6.45, 7) is 6.26. The van der Waals surface area contributed by atoms with Crippen molar-refractivity contribution >= 4 is 27.9 Å². The van der Waals surface area contributed by atoms with Crippen LogP contribution in [0.5, 0.6) is 0 Å². The summed E-state index contributed by atoms with van der Waals surface area (Å²) >= 11 is 0. The summed E-state index contributed by atoms with van der Waals surface area (Å²) in [6.07, 6.45) is 0.969. The van der Waals surface area contributed by atoms with Crippen LogP contribution in [0.3, 0.4) is 0 Å². The van der Waals surface area contributed by atoms with Crippen LogP contribution in [-0.2, 0) is 19.6 Å². The van der Waals surface area contributed by atoms with Crippen LogP contribution in [-0.4, -0.2) is 56.9 Å². The van der Waals surface area contributed by atoms with Crippen LogP contribution in [0.25, 0.3) is 0 Å². The van der Waals surface area contributed by atoms with Crippen molar-refractivity contribution in [2.45, 2.75) is 32.1 Å². The maximum atomic E-state index is 13.0. The lowest BCUT2D eigenvalue weighted by Gasteiger charge is -2.34. The van der Waals surface area contributed by atoms with Crippen molar-refractivity contribution in [3.05, 3.63) is 29.8 Å². The highest BCUT2D eigenvalue weighted by Gasteiger charge is 2.32. The second kappa shape index (κ2) is 9.84. The van der Waals surface area contributed by atoms with Gasteiger partial charge in [0.25, 0.3) is 5.91 Å². The lowest BCUT2D eigenvalue weighted by Crippen LogP contribution is -2.42. The van der Waals surface area contributed by atoms with Gasteiger partial charge in [-0.15, -0.1) is 0 Å². The van der Waals surface area contributed by atoms with Gasteiger partial charge in [0.2, 0.25) is 10.0 Å². The van der Waals surface area contributed by atoms with Crippen LogP contribution in [0.4, 0.5) is 4.79 Å². The molecule has 2 rings (SSSR count). The van der Waals surface area contributed by atoms with E-state index in [0.717, 1.165) is 6.42 Å². The number of imide groups is 1. The molecule has 2 atom stereocenters. The summed E-state index contributed by atoms with van der Waals surface area (Å²) in [4.78, 5) is 35.1. The molecule has 29 heavy (non-hydrogen) atoms. The Morgan fingerprint density at radius 1 is 1.17 bits per heavy atom. The Hall–Kier alpha value is -2.46. The molecule has 1 aliphatic heterocycles. The quantitative estimate of drug-likeness (QED) is 0.664. The molecule has 1 aromatic carbocycles. The second-order valence-electron chi connectivity index (χ2n) is 7.28. The van der Waals surface area contributed by atoms with Gasteiger partial charge < -0.3 is 10.1 Å². The van der Waals surface area contributed by atoms with Gasteiger partial charge in [-0.05, 0) is 43.4 Å². The van der Waals surface area contributed by atoms with E-state index in [4.69, 9.17) is 4.74 Å². The number of esters is 1. The highest BCUT2D eigenvalue weighted by molar-refractivity contribution is 7.89. The molecule has 1 aliphatic rings. The average molecular weight is 426 g/mol. The highest BCUT2D eigenvalue weighted by atomic mass is 32.2. The molecule has 1 fully saturated rings. The third kappa shape index (κ3) is 6.26. The minimum absolute atomic E-state index is 0.0000232. The fourth-order valence-corrected chi connectivity index (χ4v) is 5.04. The first kappa shape index (κ1) is 22.8. The summed E-state index contributed by atoms with van der Waals surface area (Å²) in [5.74, 6) is -1.13. The molecule has 2 unspecified atom stereocenters. The molecule has 3 amide bonds. The van der Waals surface area contributed by atoms with Crippen LogP contribution in [0.15, 0.2) is 29.2 Å². The van der Waals surface area contributed by atoms with Crippen molar-refractivity contribution in [2.24, 2.45) is 11.8 Å². The third-order valence-corrected chi connectivity index (χ3v) is 6.30. The molecule has 1 saturated heterocycles. The number of hydrogen-bond acceptors (Lipinski definition) is 6. The van der Waals surface area contributed by atoms with Gasteiger partial charge in [0.15, 0.2) is 6.61 Å². The normalized spacial score (nSPS) is 20.0. The SMILES string of the molecule is CCNC(=O)NC(=O)COC(=O)c1cccc(S(=O)(=O)N2CC(C)CC(C)C2)c1. The van der Waals surface area contributed by atoms with Crippen molar-refractivity contribution in [3.63, 3.8) is 0 Å². The summed E-state index contributed by atoms with van der Waals surface area (Å²) in [5.41, 5.74) is 0.00925. The Labute approximate surface area is 170 Å². The van der Waals surface area contributed by atoms with E-state index in [1.54, 1.807) is 6.92 Å². The number of urea groups is 1. The fraction of sp³-hybridized carbons (Fsp3) is 0.526. The zero-order valence-electron chi connectivity index (χ0n) is 16.8. The van der Waals surface area contributed by atoms with E-state index < -0.39 is 34.5 Å². The summed E-state index contributed by atoms with van der Waals surface area (Å²) < 4.78 is 32.3. The predicted molar refractivity (Wildman–Crippen MR) is 106 cm³/mol. The van der Waals surface area contributed by atoms with Crippen LogP contribution in [0.1, 0.15) is 37.6 Å². The molecular weight excluding hydrogens is 398 g/mol. The van der Waals surface area contributed by atoms with Crippen LogP contribution in [0.2, 0.25) is 0 Å². The number of sulfonamides is 1. The van der Waals surface area contributed by atoms with Crippen molar-refractivity contribution in [1.29, 1.82) is 0 Å². The van der Waals surface area contributed by atoms with E-state index in [9.17, 15) is 22.8 Å². The predicted octanol–water partition coefficient (Wildman–Crippen LogP) is 1.36. The highest BCUT2D eigenvalue weighted by Crippen LogP contribution is 2.27. The number of amides is 3. The number of hydrogen-bond donors (Lipinski definition) is 2. The van der Waals surface area contributed by atoms with E-state index in [1.165, 1.54) is 28.6 Å². The smallest absolute Gasteiger partial charge is 0.338 e. The Morgan fingerprint density at radius 3 is 2.45 bits per heavy atom. The lowest BCUT2D eigenvalue weighted by atomic mass is 9.94. The van der Waals surface area contributed by atoms with Gasteiger partial charge in [-0.1, -0.05) is 19.9 Å². The van der Waals surface area contributed by atoms with Gasteiger partial charge in [-0.25, -0.2) is 18.0 Å². The molecule has 0 spiro atoms. The number of nitrogens with zero attached hydrogens (tertiary/aromatic N) is 1. The van der Waals surface area contributed by atoms with Gasteiger partial charge in [0.05, 0.1) is 10.5 Å². The van der Waals surface area contributed by atoms with Crippen molar-refractivity contribution in [3.8, 4) is 0 Å². The minimum atomic E-state index is -3.74. The number of benzene rings is 1. The van der Waals surface area contributed by atoms with Crippen LogP contribution in [0, 0.1) is 11.8 Å². The molecule has 1 heterocycles. The van der Waals surface area contributed by atoms with E-state index in [2.05, 4.69) is 5.32 Å². The zero-order valence-corrected chi connectivity index (χ0v) is 17.6. The second-order valence-corrected chi connectivity index (χ2v) is 9.22. The monoisotopic (exact) mass is 425 g/mol. The Bertz CT molecular complexity index is 860. The molecule has 0 bridgehead atoms. The van der Waals surface area contributed by atoms with Crippen molar-refractivity contribution in [1.82, 2.24) is 14.9 Å². The number of carbonyl (C=O) groups excluding carboxylic acids is 3. The molecule has 10 heteroatoms. The molecule has 0 aliphatic carbocycles. The van der Waals surface area contributed by atoms with E-state index in [0.29, 0.717) is 19.6 Å². The third-order valence-electron chi connectivity index (χ3n) is 4.47. The number of ether oxygens (including phenoxy) is 1. The van der Waals surface area contributed by atoms with Crippen LogP contribution >= 0.6 is 0 Å². The van der Waals surface area contributed by atoms with E-state index in [1.807, 2.05) is 19.2 Å². The zero-order chi connectivity index (χ0) is 21.6. The first-order valence-corrected chi connectivity index (χ1v) is 10.9.